The fourth-order valence-corrected chi connectivity index (χ4v) is 3.26. The molecule has 4 rings (SSSR count). The first-order valence-corrected chi connectivity index (χ1v) is 6.87. The van der Waals surface area contributed by atoms with Crippen molar-refractivity contribution in [1.29, 1.82) is 0 Å². The number of hydrogen-bond acceptors (Lipinski definition) is 3. The first-order chi connectivity index (χ1) is 9.33. The molecule has 1 saturated carbocycles. The summed E-state index contributed by atoms with van der Waals surface area (Å²) in [6.07, 6.45) is 10.3. The fraction of sp³-hybridized carbons (Fsp3) is 0.429. The maximum Gasteiger partial charge on any atom is 0.139 e. The van der Waals surface area contributed by atoms with Crippen molar-refractivity contribution in [2.75, 3.05) is 0 Å². The molecule has 0 amide bonds. The van der Waals surface area contributed by atoms with Crippen LogP contribution < -0.4 is 5.73 Å². The van der Waals surface area contributed by atoms with Gasteiger partial charge in [-0.25, -0.2) is 9.97 Å². The Balaban J connectivity index is 1.91. The maximum absolute atomic E-state index is 6.12. The van der Waals surface area contributed by atoms with Crippen LogP contribution in [-0.2, 0) is 0 Å². The summed E-state index contributed by atoms with van der Waals surface area (Å²) >= 11 is 0. The number of rotatable bonds is 1. The Morgan fingerprint density at radius 3 is 3.16 bits per heavy atom. The standard InChI is InChI=1S/C14H17N5/c15-9-2-1-3-10(6-9)19-8-18-12-7-17-14-11(13(12)19)4-5-16-14/h4-5,7-10H,1-3,6,15H2,(H,16,17). The molecule has 98 valence electrons. The second-order valence-electron chi connectivity index (χ2n) is 5.46. The van der Waals surface area contributed by atoms with Crippen LogP contribution in [0, 0.1) is 0 Å². The highest BCUT2D eigenvalue weighted by atomic mass is 15.1. The van der Waals surface area contributed by atoms with Crippen molar-refractivity contribution in [2.45, 2.75) is 37.8 Å². The van der Waals surface area contributed by atoms with E-state index in [4.69, 9.17) is 5.73 Å². The van der Waals surface area contributed by atoms with E-state index in [1.54, 1.807) is 0 Å². The van der Waals surface area contributed by atoms with Gasteiger partial charge in [0, 0.05) is 23.7 Å². The lowest BCUT2D eigenvalue weighted by atomic mass is 9.91. The second-order valence-corrected chi connectivity index (χ2v) is 5.46. The lowest BCUT2D eigenvalue weighted by Gasteiger charge is -2.28. The molecule has 19 heavy (non-hydrogen) atoms. The van der Waals surface area contributed by atoms with Gasteiger partial charge >= 0.3 is 0 Å². The predicted octanol–water partition coefficient (Wildman–Crippen LogP) is 2.36. The topological polar surface area (TPSA) is 72.5 Å². The van der Waals surface area contributed by atoms with Crippen molar-refractivity contribution in [1.82, 2.24) is 19.5 Å². The van der Waals surface area contributed by atoms with Crippen LogP contribution in [0.4, 0.5) is 0 Å². The van der Waals surface area contributed by atoms with Crippen molar-refractivity contribution in [3.05, 3.63) is 24.8 Å². The van der Waals surface area contributed by atoms with Gasteiger partial charge in [0.15, 0.2) is 0 Å². The Morgan fingerprint density at radius 1 is 1.32 bits per heavy atom. The second kappa shape index (κ2) is 4.06. The van der Waals surface area contributed by atoms with Crippen molar-refractivity contribution in [3.63, 3.8) is 0 Å². The molecule has 1 fully saturated rings. The number of fused-ring (bicyclic) bond motifs is 3. The van der Waals surface area contributed by atoms with E-state index in [-0.39, 0.29) is 0 Å². The largest absolute Gasteiger partial charge is 0.346 e. The zero-order valence-electron chi connectivity index (χ0n) is 10.7. The molecular formula is C14H17N5. The Hall–Kier alpha value is -1.88. The molecule has 0 saturated heterocycles. The van der Waals surface area contributed by atoms with Crippen LogP contribution in [0.2, 0.25) is 0 Å². The van der Waals surface area contributed by atoms with E-state index in [1.807, 2.05) is 18.7 Å². The van der Waals surface area contributed by atoms with E-state index in [0.29, 0.717) is 12.1 Å². The molecule has 0 radical (unpaired) electrons. The molecule has 3 aromatic rings. The smallest absolute Gasteiger partial charge is 0.139 e. The van der Waals surface area contributed by atoms with E-state index in [2.05, 4.69) is 25.6 Å². The van der Waals surface area contributed by atoms with Gasteiger partial charge in [-0.2, -0.15) is 0 Å². The number of imidazole rings is 1. The van der Waals surface area contributed by atoms with Crippen molar-refractivity contribution in [3.8, 4) is 0 Å². The number of H-pyrrole nitrogens is 1. The van der Waals surface area contributed by atoms with Crippen molar-refractivity contribution in [2.24, 2.45) is 5.73 Å². The average Bonchev–Trinajstić information content (AvgIpc) is 3.04. The van der Waals surface area contributed by atoms with E-state index in [9.17, 15) is 0 Å². The van der Waals surface area contributed by atoms with Gasteiger partial charge in [-0.3, -0.25) is 0 Å². The van der Waals surface area contributed by atoms with Gasteiger partial charge in [-0.15, -0.1) is 0 Å². The highest BCUT2D eigenvalue weighted by Gasteiger charge is 2.22. The monoisotopic (exact) mass is 255 g/mol. The minimum absolute atomic E-state index is 0.319. The third-order valence-corrected chi connectivity index (χ3v) is 4.20. The maximum atomic E-state index is 6.12. The van der Waals surface area contributed by atoms with Crippen LogP contribution in [-0.4, -0.2) is 25.6 Å². The van der Waals surface area contributed by atoms with Gasteiger partial charge in [0.1, 0.15) is 11.2 Å². The Bertz CT molecular complexity index is 726. The van der Waals surface area contributed by atoms with Crippen LogP contribution in [0.25, 0.3) is 22.1 Å². The minimum Gasteiger partial charge on any atom is -0.346 e. The molecule has 3 heterocycles. The minimum atomic E-state index is 0.319. The molecule has 0 spiro atoms. The number of hydrogen-bond donors (Lipinski definition) is 2. The van der Waals surface area contributed by atoms with Gasteiger partial charge < -0.3 is 15.3 Å². The van der Waals surface area contributed by atoms with E-state index < -0.39 is 0 Å². The van der Waals surface area contributed by atoms with Gasteiger partial charge in [0.2, 0.25) is 0 Å². The Labute approximate surface area is 110 Å². The van der Waals surface area contributed by atoms with Crippen molar-refractivity contribution >= 4 is 22.1 Å². The lowest BCUT2D eigenvalue weighted by molar-refractivity contribution is 0.325. The summed E-state index contributed by atoms with van der Waals surface area (Å²) in [4.78, 5) is 12.0. The third kappa shape index (κ3) is 1.65. The van der Waals surface area contributed by atoms with Crippen LogP contribution in [0.5, 0.6) is 0 Å². The fourth-order valence-electron chi connectivity index (χ4n) is 3.26. The Kier molecular flexibility index (Phi) is 2.35. The molecule has 3 N–H and O–H groups in total. The summed E-state index contributed by atoms with van der Waals surface area (Å²) < 4.78 is 2.30. The first kappa shape index (κ1) is 11.0. The molecule has 1 aliphatic rings. The van der Waals surface area contributed by atoms with Crippen LogP contribution in [0.15, 0.2) is 24.8 Å². The zero-order chi connectivity index (χ0) is 12.8. The van der Waals surface area contributed by atoms with Gasteiger partial charge in [-0.05, 0) is 31.7 Å². The first-order valence-electron chi connectivity index (χ1n) is 6.87. The average molecular weight is 255 g/mol. The molecule has 5 heteroatoms. The molecule has 5 nitrogen and oxygen atoms in total. The molecule has 0 aliphatic heterocycles. The molecule has 2 unspecified atom stereocenters. The number of nitrogens with one attached hydrogen (secondary N) is 1. The highest BCUT2D eigenvalue weighted by molar-refractivity contribution is 6.00. The number of aromatic nitrogens is 4. The predicted molar refractivity (Wildman–Crippen MR) is 74.9 cm³/mol. The molecule has 0 bridgehead atoms. The number of pyridine rings is 1. The lowest BCUT2D eigenvalue weighted by Crippen LogP contribution is -2.29. The number of nitrogens with two attached hydrogens (primary N) is 1. The SMILES string of the molecule is NC1CCCC(n2cnc3cnc4[nH]ccc4c32)C1. The summed E-state index contributed by atoms with van der Waals surface area (Å²) in [5.74, 6) is 0. The summed E-state index contributed by atoms with van der Waals surface area (Å²) in [7, 11) is 0. The van der Waals surface area contributed by atoms with Gasteiger partial charge in [-0.1, -0.05) is 0 Å². The molecule has 3 aromatic heterocycles. The molecule has 2 atom stereocenters. The number of aromatic amines is 1. The van der Waals surface area contributed by atoms with E-state index in [1.165, 1.54) is 18.4 Å². The summed E-state index contributed by atoms with van der Waals surface area (Å²) in [6.45, 7) is 0. The molecular weight excluding hydrogens is 238 g/mol. The summed E-state index contributed by atoms with van der Waals surface area (Å²) in [5.41, 5.74) is 9.19. The summed E-state index contributed by atoms with van der Waals surface area (Å²) in [5, 5.41) is 1.15. The van der Waals surface area contributed by atoms with Gasteiger partial charge in [0.25, 0.3) is 0 Å². The van der Waals surface area contributed by atoms with Crippen LogP contribution >= 0.6 is 0 Å². The number of nitrogens with zero attached hydrogens (tertiary/aromatic N) is 3. The van der Waals surface area contributed by atoms with E-state index >= 15 is 0 Å². The van der Waals surface area contributed by atoms with Gasteiger partial charge in [0.05, 0.1) is 18.0 Å². The zero-order valence-corrected chi connectivity index (χ0v) is 10.7. The molecule has 1 aliphatic carbocycles. The highest BCUT2D eigenvalue weighted by Crippen LogP contribution is 2.32. The van der Waals surface area contributed by atoms with Crippen molar-refractivity contribution < 1.29 is 0 Å². The quantitative estimate of drug-likeness (QED) is 0.701. The molecule has 0 aromatic carbocycles. The third-order valence-electron chi connectivity index (χ3n) is 4.20. The normalized spacial score (nSPS) is 24.3. The van der Waals surface area contributed by atoms with Crippen LogP contribution in [0.1, 0.15) is 31.7 Å². The van der Waals surface area contributed by atoms with E-state index in [0.717, 1.165) is 29.4 Å². The Morgan fingerprint density at radius 2 is 2.26 bits per heavy atom. The van der Waals surface area contributed by atoms with Crippen LogP contribution in [0.3, 0.4) is 0 Å². The summed E-state index contributed by atoms with van der Waals surface area (Å²) in [6, 6.07) is 2.86.